The molecule has 0 spiro atoms. The number of nitrogens with one attached hydrogen (secondary N) is 3. The van der Waals surface area contributed by atoms with E-state index >= 15 is 0 Å². The third-order valence-electron chi connectivity index (χ3n) is 4.69. The van der Waals surface area contributed by atoms with Crippen molar-refractivity contribution in [2.75, 3.05) is 5.32 Å². The van der Waals surface area contributed by atoms with E-state index in [2.05, 4.69) is 5.32 Å². The van der Waals surface area contributed by atoms with E-state index in [-0.39, 0.29) is 5.84 Å². The Kier molecular flexibility index (Phi) is 5.81. The smallest absolute Gasteiger partial charge is 0.298 e. The molecule has 0 saturated heterocycles. The van der Waals surface area contributed by atoms with E-state index in [1.807, 2.05) is 18.6 Å². The predicted molar refractivity (Wildman–Crippen MR) is 115 cm³/mol. The number of hydrogen-bond acceptors (Lipinski definition) is 6. The largest absolute Gasteiger partial charge is 0.464 e. The predicted octanol–water partition coefficient (Wildman–Crippen LogP) is 2.06. The fourth-order valence-corrected chi connectivity index (χ4v) is 3.60. The highest BCUT2D eigenvalue weighted by molar-refractivity contribution is 7.87. The highest BCUT2D eigenvalue weighted by atomic mass is 32.2. The molecule has 1 aromatic heterocycles. The molecule has 3 aromatic rings. The molecule has 0 aliphatic carbocycles. The number of fused-ring (bicyclic) bond motifs is 1. The maximum Gasteiger partial charge on any atom is 0.298 e. The maximum atomic E-state index is 12.8. The van der Waals surface area contributed by atoms with Crippen molar-refractivity contribution < 1.29 is 17.6 Å². The quantitative estimate of drug-likeness (QED) is 0.285. The Morgan fingerprint density at radius 3 is 2.47 bits per heavy atom. The standard InChI is InChI=1S/C20H23N5O4S/c1-3-12-8-14(9-16-11(2)10-29-18(12)16)17(20(26)25-30(23,27)28)24-15-6-4-13(5-7-15)19(21)22/h4-10,17,24H,3H2,1-2H3,(H3,21,22)(H,25,26)(H2,23,27,28)/t17-/m0/s1. The molecule has 0 radical (unpaired) electrons. The number of rotatable bonds is 7. The first-order valence-electron chi connectivity index (χ1n) is 9.15. The second-order valence-electron chi connectivity index (χ2n) is 6.91. The van der Waals surface area contributed by atoms with Gasteiger partial charge in [-0.25, -0.2) is 9.86 Å². The number of nitrogen functional groups attached to an aromatic ring is 1. The van der Waals surface area contributed by atoms with Gasteiger partial charge in [0.05, 0.1) is 6.26 Å². The minimum absolute atomic E-state index is 0.0847. The van der Waals surface area contributed by atoms with Gasteiger partial charge in [0, 0.05) is 16.6 Å². The number of hydrogen-bond donors (Lipinski definition) is 5. The molecule has 7 N–H and O–H groups in total. The van der Waals surface area contributed by atoms with Crippen molar-refractivity contribution in [3.63, 3.8) is 0 Å². The van der Waals surface area contributed by atoms with Crippen molar-refractivity contribution in [2.45, 2.75) is 26.3 Å². The lowest BCUT2D eigenvalue weighted by Crippen LogP contribution is -2.41. The zero-order valence-corrected chi connectivity index (χ0v) is 17.3. The van der Waals surface area contributed by atoms with E-state index in [9.17, 15) is 13.2 Å². The van der Waals surface area contributed by atoms with Crippen LogP contribution in [0.4, 0.5) is 5.69 Å². The summed E-state index contributed by atoms with van der Waals surface area (Å²) in [5, 5.41) is 16.4. The number of amides is 1. The lowest BCUT2D eigenvalue weighted by atomic mass is 9.98. The third-order valence-corrected chi connectivity index (χ3v) is 5.18. The van der Waals surface area contributed by atoms with Crippen LogP contribution in [0.15, 0.2) is 47.1 Å². The van der Waals surface area contributed by atoms with Crippen LogP contribution in [0.2, 0.25) is 0 Å². The molecule has 0 fully saturated rings. The van der Waals surface area contributed by atoms with Crippen LogP contribution in [0.3, 0.4) is 0 Å². The monoisotopic (exact) mass is 429 g/mol. The Labute approximate surface area is 174 Å². The lowest BCUT2D eigenvalue weighted by molar-refractivity contribution is -0.120. The van der Waals surface area contributed by atoms with Gasteiger partial charge in [-0.15, -0.1) is 0 Å². The molecule has 30 heavy (non-hydrogen) atoms. The normalized spacial score (nSPS) is 12.5. The van der Waals surface area contributed by atoms with E-state index in [0.29, 0.717) is 23.2 Å². The molecule has 1 amide bonds. The zero-order valence-electron chi connectivity index (χ0n) is 16.5. The molecule has 10 heteroatoms. The number of carbonyl (C=O) groups excluding carboxylic acids is 1. The molecule has 1 atom stereocenters. The second kappa shape index (κ2) is 8.17. The molecular formula is C20H23N5O4S. The van der Waals surface area contributed by atoms with Crippen molar-refractivity contribution in [3.05, 3.63) is 64.9 Å². The van der Waals surface area contributed by atoms with Crippen molar-refractivity contribution in [1.29, 1.82) is 5.41 Å². The SMILES string of the molecule is CCc1cc([C@H](Nc2ccc(C(=N)N)cc2)C(=O)NS(N)(=O)=O)cc2c(C)coc12. The highest BCUT2D eigenvalue weighted by Crippen LogP contribution is 2.30. The van der Waals surface area contributed by atoms with Crippen LogP contribution < -0.4 is 20.9 Å². The number of benzene rings is 2. The minimum atomic E-state index is -4.24. The minimum Gasteiger partial charge on any atom is -0.464 e. The van der Waals surface area contributed by atoms with Gasteiger partial charge in [0.1, 0.15) is 17.5 Å². The molecule has 0 aliphatic heterocycles. The van der Waals surface area contributed by atoms with Gasteiger partial charge >= 0.3 is 0 Å². The Balaban J connectivity index is 2.07. The van der Waals surface area contributed by atoms with E-state index in [4.69, 9.17) is 20.7 Å². The van der Waals surface area contributed by atoms with Gasteiger partial charge in [-0.3, -0.25) is 10.2 Å². The van der Waals surface area contributed by atoms with Gasteiger partial charge in [-0.1, -0.05) is 6.92 Å². The van der Waals surface area contributed by atoms with Crippen LogP contribution in [0, 0.1) is 12.3 Å². The summed E-state index contributed by atoms with van der Waals surface area (Å²) in [7, 11) is -4.24. The summed E-state index contributed by atoms with van der Waals surface area (Å²) in [6.45, 7) is 3.85. The Morgan fingerprint density at radius 2 is 1.90 bits per heavy atom. The van der Waals surface area contributed by atoms with Crippen LogP contribution in [0.5, 0.6) is 0 Å². The van der Waals surface area contributed by atoms with Crippen molar-refractivity contribution in [2.24, 2.45) is 10.9 Å². The van der Waals surface area contributed by atoms with Crippen LogP contribution in [0.25, 0.3) is 11.0 Å². The number of anilines is 1. The summed E-state index contributed by atoms with van der Waals surface area (Å²) in [5.41, 5.74) is 9.61. The van der Waals surface area contributed by atoms with Crippen LogP contribution in [-0.2, 0) is 21.4 Å². The number of aryl methyl sites for hydroxylation is 2. The van der Waals surface area contributed by atoms with Gasteiger partial charge in [-0.2, -0.15) is 8.42 Å². The molecule has 0 aliphatic rings. The maximum absolute atomic E-state index is 12.8. The van der Waals surface area contributed by atoms with Crippen LogP contribution in [-0.4, -0.2) is 20.2 Å². The summed E-state index contributed by atoms with van der Waals surface area (Å²) in [5.74, 6) is -0.908. The lowest BCUT2D eigenvalue weighted by Gasteiger charge is -2.20. The first-order valence-corrected chi connectivity index (χ1v) is 10.7. The van der Waals surface area contributed by atoms with E-state index < -0.39 is 22.2 Å². The summed E-state index contributed by atoms with van der Waals surface area (Å²) in [4.78, 5) is 12.8. The molecular weight excluding hydrogens is 406 g/mol. The van der Waals surface area contributed by atoms with Crippen LogP contribution >= 0.6 is 0 Å². The molecule has 1 heterocycles. The molecule has 0 unspecified atom stereocenters. The van der Waals surface area contributed by atoms with Crippen molar-refractivity contribution in [3.8, 4) is 0 Å². The van der Waals surface area contributed by atoms with Gasteiger partial charge in [0.15, 0.2) is 0 Å². The average molecular weight is 430 g/mol. The average Bonchev–Trinajstić information content (AvgIpc) is 3.05. The van der Waals surface area contributed by atoms with E-state index in [0.717, 1.165) is 22.1 Å². The molecule has 0 saturated carbocycles. The summed E-state index contributed by atoms with van der Waals surface area (Å²) in [6.07, 6.45) is 2.30. The first-order chi connectivity index (χ1) is 14.1. The van der Waals surface area contributed by atoms with Crippen LogP contribution in [0.1, 0.15) is 35.2 Å². The van der Waals surface area contributed by atoms with Crippen molar-refractivity contribution >= 4 is 38.6 Å². The van der Waals surface area contributed by atoms with Gasteiger partial charge in [0.25, 0.3) is 16.1 Å². The van der Waals surface area contributed by atoms with Crippen molar-refractivity contribution in [1.82, 2.24) is 4.72 Å². The first kappa shape index (κ1) is 21.3. The Morgan fingerprint density at radius 1 is 1.23 bits per heavy atom. The van der Waals surface area contributed by atoms with Gasteiger partial charge in [-0.05, 0) is 66.4 Å². The number of furan rings is 1. The Bertz CT molecular complexity index is 1220. The second-order valence-corrected chi connectivity index (χ2v) is 8.20. The molecule has 3 rings (SSSR count). The summed E-state index contributed by atoms with van der Waals surface area (Å²) >= 11 is 0. The molecule has 2 aromatic carbocycles. The molecule has 9 nitrogen and oxygen atoms in total. The number of amidine groups is 1. The fourth-order valence-electron chi connectivity index (χ4n) is 3.20. The zero-order chi connectivity index (χ0) is 22.1. The van der Waals surface area contributed by atoms with E-state index in [1.165, 1.54) is 0 Å². The fraction of sp³-hybridized carbons (Fsp3) is 0.200. The van der Waals surface area contributed by atoms with Gasteiger partial charge < -0.3 is 15.5 Å². The van der Waals surface area contributed by atoms with Gasteiger partial charge in [0.2, 0.25) is 0 Å². The highest BCUT2D eigenvalue weighted by Gasteiger charge is 2.25. The Hall–Kier alpha value is -3.37. The summed E-state index contributed by atoms with van der Waals surface area (Å²) < 4.78 is 30.4. The number of nitrogens with two attached hydrogens (primary N) is 2. The topological polar surface area (TPSA) is 164 Å². The molecule has 158 valence electrons. The number of carbonyl (C=O) groups is 1. The summed E-state index contributed by atoms with van der Waals surface area (Å²) in [6, 6.07) is 9.09. The molecule has 0 bridgehead atoms. The van der Waals surface area contributed by atoms with E-state index in [1.54, 1.807) is 42.7 Å². The third kappa shape index (κ3) is 4.61.